The van der Waals surface area contributed by atoms with Crippen molar-refractivity contribution in [1.29, 1.82) is 0 Å². The van der Waals surface area contributed by atoms with Crippen LogP contribution >= 0.6 is 0 Å². The first-order valence-electron chi connectivity index (χ1n) is 7.14. The zero-order valence-corrected chi connectivity index (χ0v) is 12.4. The van der Waals surface area contributed by atoms with Crippen molar-refractivity contribution < 1.29 is 4.74 Å². The maximum absolute atomic E-state index is 5.82. The van der Waals surface area contributed by atoms with Gasteiger partial charge in [0.1, 0.15) is 18.2 Å². The molecule has 1 aliphatic rings. The SMILES string of the molecule is Cc1ccc(OCc2nnc3n2CC(C)(C)CC3)cc1. The maximum Gasteiger partial charge on any atom is 0.171 e. The molecule has 0 atom stereocenters. The van der Waals surface area contributed by atoms with Crippen LogP contribution in [0.3, 0.4) is 0 Å². The van der Waals surface area contributed by atoms with Crippen molar-refractivity contribution in [2.45, 2.75) is 46.8 Å². The Balaban J connectivity index is 1.73. The van der Waals surface area contributed by atoms with Gasteiger partial charge in [-0.2, -0.15) is 0 Å². The van der Waals surface area contributed by atoms with Crippen molar-refractivity contribution in [3.05, 3.63) is 41.5 Å². The van der Waals surface area contributed by atoms with Gasteiger partial charge in [0, 0.05) is 13.0 Å². The Hall–Kier alpha value is -1.84. The summed E-state index contributed by atoms with van der Waals surface area (Å²) in [4.78, 5) is 0. The molecule has 4 heteroatoms. The van der Waals surface area contributed by atoms with Crippen LogP contribution in [0.25, 0.3) is 0 Å². The number of aryl methyl sites for hydroxylation is 2. The Kier molecular flexibility index (Phi) is 3.24. The number of nitrogens with zero attached hydrogens (tertiary/aromatic N) is 3. The number of rotatable bonds is 3. The first-order chi connectivity index (χ1) is 9.53. The summed E-state index contributed by atoms with van der Waals surface area (Å²) < 4.78 is 8.04. The third kappa shape index (κ3) is 2.69. The highest BCUT2D eigenvalue weighted by Gasteiger charge is 2.28. The lowest BCUT2D eigenvalue weighted by Gasteiger charge is -2.30. The molecule has 1 aliphatic heterocycles. The second-order valence-electron chi connectivity index (χ2n) is 6.38. The molecule has 0 saturated heterocycles. The van der Waals surface area contributed by atoms with E-state index in [1.165, 1.54) is 12.0 Å². The molecule has 106 valence electrons. The predicted octanol–water partition coefficient (Wildman–Crippen LogP) is 3.14. The number of ether oxygens (including phenoxy) is 1. The first-order valence-corrected chi connectivity index (χ1v) is 7.14. The van der Waals surface area contributed by atoms with Crippen molar-refractivity contribution in [2.75, 3.05) is 0 Å². The van der Waals surface area contributed by atoms with Gasteiger partial charge in [0.2, 0.25) is 0 Å². The summed E-state index contributed by atoms with van der Waals surface area (Å²) in [7, 11) is 0. The fourth-order valence-corrected chi connectivity index (χ4v) is 2.59. The minimum absolute atomic E-state index is 0.313. The molecule has 0 aliphatic carbocycles. The van der Waals surface area contributed by atoms with E-state index >= 15 is 0 Å². The van der Waals surface area contributed by atoms with E-state index in [0.29, 0.717) is 12.0 Å². The lowest BCUT2D eigenvalue weighted by molar-refractivity contribution is 0.227. The van der Waals surface area contributed by atoms with E-state index in [1.54, 1.807) is 0 Å². The quantitative estimate of drug-likeness (QED) is 0.861. The first kappa shape index (κ1) is 13.2. The lowest BCUT2D eigenvalue weighted by atomic mass is 9.85. The van der Waals surface area contributed by atoms with Crippen molar-refractivity contribution >= 4 is 0 Å². The smallest absolute Gasteiger partial charge is 0.171 e. The third-order valence-electron chi connectivity index (χ3n) is 3.90. The molecule has 0 saturated carbocycles. The zero-order chi connectivity index (χ0) is 14.2. The highest BCUT2D eigenvalue weighted by Crippen LogP contribution is 2.30. The predicted molar refractivity (Wildman–Crippen MR) is 77.6 cm³/mol. The van der Waals surface area contributed by atoms with Gasteiger partial charge >= 0.3 is 0 Å². The monoisotopic (exact) mass is 271 g/mol. The fourth-order valence-electron chi connectivity index (χ4n) is 2.59. The molecular weight excluding hydrogens is 250 g/mol. The van der Waals surface area contributed by atoms with Crippen LogP contribution in [0.5, 0.6) is 5.75 Å². The number of hydrogen-bond acceptors (Lipinski definition) is 3. The fraction of sp³-hybridized carbons (Fsp3) is 0.500. The van der Waals surface area contributed by atoms with E-state index in [4.69, 9.17) is 4.74 Å². The van der Waals surface area contributed by atoms with E-state index in [0.717, 1.165) is 30.4 Å². The Bertz CT molecular complexity index is 599. The molecule has 0 radical (unpaired) electrons. The summed E-state index contributed by atoms with van der Waals surface area (Å²) in [6, 6.07) is 8.09. The lowest BCUT2D eigenvalue weighted by Crippen LogP contribution is -2.28. The molecule has 0 amide bonds. The molecular formula is C16H21N3O. The molecule has 0 fully saturated rings. The van der Waals surface area contributed by atoms with Crippen LogP contribution in [-0.4, -0.2) is 14.8 Å². The average Bonchev–Trinajstić information content (AvgIpc) is 2.79. The summed E-state index contributed by atoms with van der Waals surface area (Å²) in [5.41, 5.74) is 1.55. The molecule has 20 heavy (non-hydrogen) atoms. The van der Waals surface area contributed by atoms with Gasteiger partial charge in [0.25, 0.3) is 0 Å². The minimum atomic E-state index is 0.313. The zero-order valence-electron chi connectivity index (χ0n) is 12.4. The summed E-state index contributed by atoms with van der Waals surface area (Å²) in [5.74, 6) is 2.89. The van der Waals surface area contributed by atoms with E-state index in [2.05, 4.69) is 47.7 Å². The van der Waals surface area contributed by atoms with Crippen molar-refractivity contribution in [3.63, 3.8) is 0 Å². The minimum Gasteiger partial charge on any atom is -0.486 e. The van der Waals surface area contributed by atoms with Gasteiger partial charge in [-0.05, 0) is 30.9 Å². The standard InChI is InChI=1S/C16H21N3O/c1-12-4-6-13(7-5-12)20-10-15-18-17-14-8-9-16(2,3)11-19(14)15/h4-7H,8-11H2,1-3H3. The van der Waals surface area contributed by atoms with Gasteiger partial charge < -0.3 is 9.30 Å². The molecule has 2 aromatic rings. The van der Waals surface area contributed by atoms with Crippen LogP contribution in [0.15, 0.2) is 24.3 Å². The molecule has 3 rings (SSSR count). The Morgan fingerprint density at radius 1 is 1.20 bits per heavy atom. The van der Waals surface area contributed by atoms with E-state index < -0.39 is 0 Å². The van der Waals surface area contributed by atoms with Crippen LogP contribution in [-0.2, 0) is 19.6 Å². The van der Waals surface area contributed by atoms with Crippen LogP contribution in [0, 0.1) is 12.3 Å². The summed E-state index contributed by atoms with van der Waals surface area (Å²) in [6.45, 7) is 8.11. The molecule has 0 unspecified atom stereocenters. The number of fused-ring (bicyclic) bond motifs is 1. The second kappa shape index (κ2) is 4.93. The van der Waals surface area contributed by atoms with Crippen LogP contribution in [0.1, 0.15) is 37.5 Å². The molecule has 2 heterocycles. The highest BCUT2D eigenvalue weighted by molar-refractivity contribution is 5.26. The molecule has 1 aromatic carbocycles. The Morgan fingerprint density at radius 3 is 2.70 bits per heavy atom. The Labute approximate surface area is 119 Å². The molecule has 1 aromatic heterocycles. The van der Waals surface area contributed by atoms with Crippen LogP contribution in [0.4, 0.5) is 0 Å². The van der Waals surface area contributed by atoms with Crippen molar-refractivity contribution in [2.24, 2.45) is 5.41 Å². The summed E-state index contributed by atoms with van der Waals surface area (Å²) in [5, 5.41) is 8.57. The van der Waals surface area contributed by atoms with Crippen molar-refractivity contribution in [1.82, 2.24) is 14.8 Å². The number of aromatic nitrogens is 3. The van der Waals surface area contributed by atoms with Gasteiger partial charge in [-0.25, -0.2) is 0 Å². The van der Waals surface area contributed by atoms with E-state index in [-0.39, 0.29) is 0 Å². The van der Waals surface area contributed by atoms with Gasteiger partial charge in [0.05, 0.1) is 0 Å². The average molecular weight is 271 g/mol. The van der Waals surface area contributed by atoms with E-state index in [1.807, 2.05) is 12.1 Å². The van der Waals surface area contributed by atoms with Gasteiger partial charge in [-0.3, -0.25) is 0 Å². The third-order valence-corrected chi connectivity index (χ3v) is 3.90. The van der Waals surface area contributed by atoms with Crippen molar-refractivity contribution in [3.8, 4) is 5.75 Å². The molecule has 0 bridgehead atoms. The normalized spacial score (nSPS) is 16.8. The largest absolute Gasteiger partial charge is 0.486 e. The van der Waals surface area contributed by atoms with E-state index in [9.17, 15) is 0 Å². The summed E-state index contributed by atoms with van der Waals surface area (Å²) in [6.07, 6.45) is 2.18. The maximum atomic E-state index is 5.82. The number of hydrogen-bond donors (Lipinski definition) is 0. The molecule has 4 nitrogen and oxygen atoms in total. The molecule has 0 N–H and O–H groups in total. The second-order valence-corrected chi connectivity index (χ2v) is 6.38. The summed E-state index contributed by atoms with van der Waals surface area (Å²) >= 11 is 0. The van der Waals surface area contributed by atoms with Gasteiger partial charge in [0.15, 0.2) is 5.82 Å². The van der Waals surface area contributed by atoms with Crippen LogP contribution in [0.2, 0.25) is 0 Å². The van der Waals surface area contributed by atoms with Crippen LogP contribution < -0.4 is 4.74 Å². The topological polar surface area (TPSA) is 39.9 Å². The van der Waals surface area contributed by atoms with Gasteiger partial charge in [-0.15, -0.1) is 10.2 Å². The number of benzene rings is 1. The molecule has 0 spiro atoms. The highest BCUT2D eigenvalue weighted by atomic mass is 16.5. The van der Waals surface area contributed by atoms with Gasteiger partial charge in [-0.1, -0.05) is 31.5 Å². The Morgan fingerprint density at radius 2 is 1.95 bits per heavy atom.